The van der Waals surface area contributed by atoms with E-state index in [9.17, 15) is 29.4 Å². The summed E-state index contributed by atoms with van der Waals surface area (Å²) in [5.41, 5.74) is 0.873. The molecule has 1 heterocycles. The Bertz CT molecular complexity index is 1510. The van der Waals surface area contributed by atoms with E-state index in [1.165, 1.54) is 60.3 Å². The number of carbonyl (C=O) groups excluding carboxylic acids is 1. The molecule has 1 atom stereocenters. The molecule has 11 nitrogen and oxygen atoms in total. The van der Waals surface area contributed by atoms with Gasteiger partial charge in [0, 0.05) is 35.2 Å². The van der Waals surface area contributed by atoms with E-state index in [1.54, 1.807) is 23.6 Å². The minimum absolute atomic E-state index is 0.0280. The summed E-state index contributed by atoms with van der Waals surface area (Å²) < 4.78 is 14.9. The Morgan fingerprint density at radius 3 is 2.37 bits per heavy atom. The zero-order chi connectivity index (χ0) is 27.4. The average molecular weight is 557 g/mol. The monoisotopic (exact) mass is 556 g/mol. The minimum Gasteiger partial charge on any atom is -0.342 e. The van der Waals surface area contributed by atoms with Crippen LogP contribution in [0.25, 0.3) is 5.69 Å². The lowest BCUT2D eigenvalue weighted by Crippen LogP contribution is -2.28. The van der Waals surface area contributed by atoms with Crippen molar-refractivity contribution in [2.24, 2.45) is 0 Å². The summed E-state index contributed by atoms with van der Waals surface area (Å²) in [6, 6.07) is 14.7. The molecule has 0 saturated carbocycles. The quantitative estimate of drug-likeness (QED) is 0.158. The Kier molecular flexibility index (Phi) is 7.98. The number of non-ortho nitro benzene ring substituents is 1. The topological polar surface area (TPSA) is 146 Å². The Morgan fingerprint density at radius 1 is 1.05 bits per heavy atom. The van der Waals surface area contributed by atoms with Gasteiger partial charge in [-0.25, -0.2) is 4.39 Å². The van der Waals surface area contributed by atoms with Crippen molar-refractivity contribution in [2.45, 2.75) is 23.9 Å². The van der Waals surface area contributed by atoms with Crippen molar-refractivity contribution >= 4 is 40.6 Å². The second-order valence-corrected chi connectivity index (χ2v) is 9.33. The van der Waals surface area contributed by atoms with Crippen LogP contribution < -0.4 is 5.32 Å². The van der Waals surface area contributed by atoms with Crippen molar-refractivity contribution in [1.29, 1.82) is 0 Å². The van der Waals surface area contributed by atoms with Gasteiger partial charge in [-0.3, -0.25) is 29.6 Å². The maximum absolute atomic E-state index is 13.3. The van der Waals surface area contributed by atoms with Crippen LogP contribution >= 0.6 is 23.4 Å². The molecule has 1 unspecified atom stereocenters. The molecule has 4 rings (SSSR count). The number of amides is 1. The Labute approximate surface area is 223 Å². The molecule has 4 aromatic rings. The van der Waals surface area contributed by atoms with Gasteiger partial charge < -0.3 is 5.32 Å². The highest BCUT2D eigenvalue weighted by Crippen LogP contribution is 2.29. The molecule has 0 aliphatic rings. The van der Waals surface area contributed by atoms with Crippen molar-refractivity contribution in [3.63, 3.8) is 0 Å². The van der Waals surface area contributed by atoms with Crippen LogP contribution in [-0.2, 0) is 5.75 Å². The molecule has 3 aromatic carbocycles. The Hall–Kier alpha value is -4.36. The van der Waals surface area contributed by atoms with Crippen molar-refractivity contribution in [1.82, 2.24) is 20.1 Å². The highest BCUT2D eigenvalue weighted by atomic mass is 35.5. The molecule has 0 saturated heterocycles. The van der Waals surface area contributed by atoms with Gasteiger partial charge in [-0.1, -0.05) is 35.5 Å². The van der Waals surface area contributed by atoms with Gasteiger partial charge in [-0.15, -0.1) is 10.2 Å². The smallest absolute Gasteiger partial charge is 0.288 e. The number of nitrogens with one attached hydrogen (secondary N) is 1. The maximum atomic E-state index is 13.3. The summed E-state index contributed by atoms with van der Waals surface area (Å²) in [5, 5.41) is 33.9. The number of rotatable bonds is 9. The normalized spacial score (nSPS) is 11.7. The highest BCUT2D eigenvalue weighted by molar-refractivity contribution is 7.98. The van der Waals surface area contributed by atoms with Crippen molar-refractivity contribution < 1.29 is 19.0 Å². The first-order valence-corrected chi connectivity index (χ1v) is 12.3. The number of hydrogen-bond acceptors (Lipinski definition) is 8. The number of benzene rings is 3. The van der Waals surface area contributed by atoms with Crippen molar-refractivity contribution in [2.75, 3.05) is 0 Å². The number of carbonyl (C=O) groups is 1. The predicted octanol–water partition coefficient (Wildman–Crippen LogP) is 5.66. The SMILES string of the molecule is CC(NC(=O)c1ccc(Cl)c([N+](=O)[O-])c1)c1nnc(SCc2ccc(F)cc2)n1-c1ccc([N+](=O)[O-])cc1. The molecule has 0 bridgehead atoms. The molecule has 1 aromatic heterocycles. The molecule has 0 radical (unpaired) electrons. The van der Waals surface area contributed by atoms with E-state index < -0.39 is 27.5 Å². The van der Waals surface area contributed by atoms with Gasteiger partial charge in [0.15, 0.2) is 11.0 Å². The summed E-state index contributed by atoms with van der Waals surface area (Å²) >= 11 is 7.15. The van der Waals surface area contributed by atoms with E-state index >= 15 is 0 Å². The van der Waals surface area contributed by atoms with Crippen LogP contribution in [0.3, 0.4) is 0 Å². The summed E-state index contributed by atoms with van der Waals surface area (Å²) in [6.45, 7) is 1.66. The number of nitro benzene ring substituents is 2. The minimum atomic E-state index is -0.722. The third-order valence-corrected chi connectivity index (χ3v) is 6.72. The van der Waals surface area contributed by atoms with Gasteiger partial charge >= 0.3 is 0 Å². The number of nitro groups is 2. The van der Waals surface area contributed by atoms with E-state index in [-0.39, 0.29) is 22.1 Å². The van der Waals surface area contributed by atoms with Gasteiger partial charge in [0.2, 0.25) is 0 Å². The first-order valence-electron chi connectivity index (χ1n) is 11.0. The van der Waals surface area contributed by atoms with Gasteiger partial charge in [-0.2, -0.15) is 0 Å². The number of thioether (sulfide) groups is 1. The number of hydrogen-bond donors (Lipinski definition) is 1. The number of aromatic nitrogens is 3. The molecule has 14 heteroatoms. The lowest BCUT2D eigenvalue weighted by atomic mass is 10.1. The van der Waals surface area contributed by atoms with Crippen LogP contribution in [0.2, 0.25) is 5.02 Å². The van der Waals surface area contributed by atoms with E-state index in [2.05, 4.69) is 15.5 Å². The van der Waals surface area contributed by atoms with Crippen LogP contribution in [0, 0.1) is 26.0 Å². The molecule has 38 heavy (non-hydrogen) atoms. The predicted molar refractivity (Wildman–Crippen MR) is 138 cm³/mol. The van der Waals surface area contributed by atoms with Crippen LogP contribution in [0.15, 0.2) is 71.9 Å². The van der Waals surface area contributed by atoms with Gasteiger partial charge in [0.1, 0.15) is 10.8 Å². The summed E-state index contributed by atoms with van der Waals surface area (Å²) in [5.74, 6) is -0.209. The molecule has 1 amide bonds. The molecular formula is C24H18ClFN6O5S. The third kappa shape index (κ3) is 5.95. The zero-order valence-corrected chi connectivity index (χ0v) is 21.1. The second-order valence-electron chi connectivity index (χ2n) is 7.98. The molecule has 0 aliphatic heterocycles. The molecule has 0 aliphatic carbocycles. The lowest BCUT2D eigenvalue weighted by Gasteiger charge is -2.16. The van der Waals surface area contributed by atoms with Crippen molar-refractivity contribution in [3.8, 4) is 5.69 Å². The highest BCUT2D eigenvalue weighted by Gasteiger charge is 2.23. The van der Waals surface area contributed by atoms with E-state index in [4.69, 9.17) is 11.6 Å². The Morgan fingerprint density at radius 2 is 1.74 bits per heavy atom. The molecule has 1 N–H and O–H groups in total. The fraction of sp³-hybridized carbons (Fsp3) is 0.125. The van der Waals surface area contributed by atoms with Crippen LogP contribution in [0.5, 0.6) is 0 Å². The first kappa shape index (κ1) is 26.7. The molecule has 194 valence electrons. The zero-order valence-electron chi connectivity index (χ0n) is 19.6. The van der Waals surface area contributed by atoms with Crippen molar-refractivity contribution in [3.05, 3.63) is 115 Å². The van der Waals surface area contributed by atoms with Crippen LogP contribution in [-0.4, -0.2) is 30.5 Å². The van der Waals surface area contributed by atoms with E-state index in [0.29, 0.717) is 22.4 Å². The summed E-state index contributed by atoms with van der Waals surface area (Å²) in [7, 11) is 0. The van der Waals surface area contributed by atoms with Gasteiger partial charge in [0.05, 0.1) is 15.9 Å². The Balaban J connectivity index is 1.64. The fourth-order valence-electron chi connectivity index (χ4n) is 3.49. The van der Waals surface area contributed by atoms with Crippen LogP contribution in [0.1, 0.15) is 34.7 Å². The fourth-order valence-corrected chi connectivity index (χ4v) is 4.59. The maximum Gasteiger partial charge on any atom is 0.288 e. The summed E-state index contributed by atoms with van der Waals surface area (Å²) in [4.78, 5) is 34.0. The van der Waals surface area contributed by atoms with Gasteiger partial charge in [0.25, 0.3) is 17.3 Å². The van der Waals surface area contributed by atoms with Crippen LogP contribution in [0.4, 0.5) is 15.8 Å². The standard InChI is InChI=1S/C24H18ClFN6O5S/c1-14(27-23(33)16-4-11-20(25)21(12-16)32(36)37)22-28-29-24(38-13-15-2-5-17(26)6-3-15)30(22)18-7-9-19(10-8-18)31(34)35/h2-12,14H,13H2,1H3,(H,27,33). The average Bonchev–Trinajstić information content (AvgIpc) is 3.32. The molecule has 0 spiro atoms. The third-order valence-electron chi connectivity index (χ3n) is 5.40. The van der Waals surface area contributed by atoms with Gasteiger partial charge in [-0.05, 0) is 48.9 Å². The molecular weight excluding hydrogens is 539 g/mol. The molecule has 0 fully saturated rings. The largest absolute Gasteiger partial charge is 0.342 e. The van der Waals surface area contributed by atoms with E-state index in [0.717, 1.165) is 11.6 Å². The first-order chi connectivity index (χ1) is 18.1. The number of halogens is 2. The summed E-state index contributed by atoms with van der Waals surface area (Å²) in [6.07, 6.45) is 0. The lowest BCUT2D eigenvalue weighted by molar-refractivity contribution is -0.385. The second kappa shape index (κ2) is 11.4. The van der Waals surface area contributed by atoms with E-state index in [1.807, 2.05) is 0 Å². The number of nitrogens with zero attached hydrogens (tertiary/aromatic N) is 5.